The van der Waals surface area contributed by atoms with Crippen LogP contribution in [-0.2, 0) is 6.54 Å². The number of ether oxygens (including phenoxy) is 1. The van der Waals surface area contributed by atoms with Crippen LogP contribution >= 0.6 is 0 Å². The fraction of sp³-hybridized carbons (Fsp3) is 0.250. The number of pyridine rings is 1. The van der Waals surface area contributed by atoms with Crippen molar-refractivity contribution in [2.45, 2.75) is 19.9 Å². The summed E-state index contributed by atoms with van der Waals surface area (Å²) in [6, 6.07) is 11.3. The molecule has 0 spiro atoms. The zero-order valence-electron chi connectivity index (χ0n) is 11.9. The second kappa shape index (κ2) is 6.85. The topological polar surface area (TPSA) is 55.0 Å². The highest BCUT2D eigenvalue weighted by Gasteiger charge is 2.13. The van der Waals surface area contributed by atoms with E-state index in [1.165, 1.54) is 6.07 Å². The maximum Gasteiger partial charge on any atom is 0.256 e. The summed E-state index contributed by atoms with van der Waals surface area (Å²) in [6.07, 6.45) is -2.61. The molecule has 0 N–H and O–H groups in total. The monoisotopic (exact) mass is 304 g/mol. The molecule has 6 heteroatoms. The molecular weight excluding hydrogens is 290 g/mol. The van der Waals surface area contributed by atoms with Crippen molar-refractivity contribution >= 4 is 0 Å². The molecule has 22 heavy (non-hydrogen) atoms. The minimum absolute atomic E-state index is 0.0692. The Bertz CT molecular complexity index is 763. The summed E-state index contributed by atoms with van der Waals surface area (Å²) in [7, 11) is 0. The lowest BCUT2D eigenvalue weighted by Gasteiger charge is -2.15. The third-order valence-corrected chi connectivity index (χ3v) is 3.15. The molecule has 114 valence electrons. The standard InChI is InChI=1S/C16H14F2N2O2/c1-11-9-12(22-8-7-19)5-6-13(11)14-3-2-4-16(21)20(14)10-15(17)18/h2-6,9,15H,8,10H2,1H3. The first-order chi connectivity index (χ1) is 10.5. The van der Waals surface area contributed by atoms with E-state index in [1.807, 2.05) is 6.07 Å². The minimum atomic E-state index is -2.61. The third kappa shape index (κ3) is 3.50. The van der Waals surface area contributed by atoms with Crippen LogP contribution in [0.3, 0.4) is 0 Å². The van der Waals surface area contributed by atoms with Crippen LogP contribution in [0.2, 0.25) is 0 Å². The predicted octanol–water partition coefficient (Wildman–Crippen LogP) is 2.99. The fourth-order valence-corrected chi connectivity index (χ4v) is 2.21. The van der Waals surface area contributed by atoms with Gasteiger partial charge in [-0.15, -0.1) is 0 Å². The van der Waals surface area contributed by atoms with E-state index in [0.29, 0.717) is 17.0 Å². The quantitative estimate of drug-likeness (QED) is 0.853. The largest absolute Gasteiger partial charge is 0.479 e. The van der Waals surface area contributed by atoms with Crippen LogP contribution in [0.15, 0.2) is 41.2 Å². The maximum absolute atomic E-state index is 12.7. The number of hydrogen-bond acceptors (Lipinski definition) is 3. The van der Waals surface area contributed by atoms with Crippen molar-refractivity contribution in [1.82, 2.24) is 4.57 Å². The average molecular weight is 304 g/mol. The number of aryl methyl sites for hydroxylation is 1. The molecule has 0 unspecified atom stereocenters. The maximum atomic E-state index is 12.7. The smallest absolute Gasteiger partial charge is 0.256 e. The number of aromatic nitrogens is 1. The number of nitrogens with zero attached hydrogens (tertiary/aromatic N) is 2. The van der Waals surface area contributed by atoms with Crippen molar-refractivity contribution < 1.29 is 13.5 Å². The molecule has 0 amide bonds. The predicted molar refractivity (Wildman–Crippen MR) is 78.0 cm³/mol. The number of alkyl halides is 2. The van der Waals surface area contributed by atoms with Gasteiger partial charge in [0.1, 0.15) is 11.8 Å². The molecular formula is C16H14F2N2O2. The first-order valence-corrected chi connectivity index (χ1v) is 6.61. The van der Waals surface area contributed by atoms with Crippen molar-refractivity contribution in [1.29, 1.82) is 5.26 Å². The van der Waals surface area contributed by atoms with E-state index in [9.17, 15) is 13.6 Å². The van der Waals surface area contributed by atoms with Crippen LogP contribution in [-0.4, -0.2) is 17.6 Å². The third-order valence-electron chi connectivity index (χ3n) is 3.15. The summed E-state index contributed by atoms with van der Waals surface area (Å²) in [5, 5.41) is 8.50. The van der Waals surface area contributed by atoms with E-state index in [1.54, 1.807) is 37.3 Å². The second-order valence-electron chi connectivity index (χ2n) is 4.67. The average Bonchev–Trinajstić information content (AvgIpc) is 2.47. The Morgan fingerprint density at radius 1 is 1.32 bits per heavy atom. The van der Waals surface area contributed by atoms with Crippen LogP contribution in [0.1, 0.15) is 5.56 Å². The summed E-state index contributed by atoms with van der Waals surface area (Å²) >= 11 is 0. The van der Waals surface area contributed by atoms with Crippen LogP contribution in [0.25, 0.3) is 11.3 Å². The summed E-state index contributed by atoms with van der Waals surface area (Å²) in [5.41, 5.74) is 1.39. The van der Waals surface area contributed by atoms with Gasteiger partial charge < -0.3 is 9.30 Å². The number of hydrogen-bond donors (Lipinski definition) is 0. The van der Waals surface area contributed by atoms with Crippen LogP contribution in [0, 0.1) is 18.3 Å². The molecule has 0 saturated carbocycles. The Morgan fingerprint density at radius 3 is 2.73 bits per heavy atom. The van der Waals surface area contributed by atoms with Gasteiger partial charge in [0.05, 0.1) is 12.2 Å². The van der Waals surface area contributed by atoms with Gasteiger partial charge >= 0.3 is 0 Å². The number of benzene rings is 1. The van der Waals surface area contributed by atoms with E-state index < -0.39 is 18.5 Å². The molecule has 0 fully saturated rings. The van der Waals surface area contributed by atoms with Gasteiger partial charge in [0, 0.05) is 11.6 Å². The number of nitriles is 1. The van der Waals surface area contributed by atoms with E-state index in [4.69, 9.17) is 10.00 Å². The lowest BCUT2D eigenvalue weighted by Crippen LogP contribution is -2.24. The molecule has 2 rings (SSSR count). The lowest BCUT2D eigenvalue weighted by atomic mass is 10.0. The zero-order chi connectivity index (χ0) is 16.1. The van der Waals surface area contributed by atoms with Crippen LogP contribution in [0.5, 0.6) is 5.75 Å². The van der Waals surface area contributed by atoms with Gasteiger partial charge in [0.2, 0.25) is 0 Å². The molecule has 1 heterocycles. The van der Waals surface area contributed by atoms with Crippen molar-refractivity contribution in [2.24, 2.45) is 0 Å². The van der Waals surface area contributed by atoms with Gasteiger partial charge in [0.15, 0.2) is 6.61 Å². The Hall–Kier alpha value is -2.68. The Morgan fingerprint density at radius 2 is 2.09 bits per heavy atom. The Kier molecular flexibility index (Phi) is 4.89. The Labute approximate surface area is 126 Å². The van der Waals surface area contributed by atoms with Gasteiger partial charge in [-0.3, -0.25) is 4.79 Å². The molecule has 0 aliphatic rings. The molecule has 0 bridgehead atoms. The Balaban J connectivity index is 2.46. The molecule has 4 nitrogen and oxygen atoms in total. The van der Waals surface area contributed by atoms with E-state index in [0.717, 1.165) is 10.1 Å². The van der Waals surface area contributed by atoms with Gasteiger partial charge in [-0.2, -0.15) is 5.26 Å². The van der Waals surface area contributed by atoms with E-state index in [-0.39, 0.29) is 6.61 Å². The fourth-order valence-electron chi connectivity index (χ4n) is 2.21. The van der Waals surface area contributed by atoms with Gasteiger partial charge in [-0.1, -0.05) is 6.07 Å². The molecule has 1 aromatic carbocycles. The number of rotatable bonds is 5. The highest BCUT2D eigenvalue weighted by molar-refractivity contribution is 5.65. The van der Waals surface area contributed by atoms with Gasteiger partial charge in [-0.05, 0) is 36.8 Å². The molecule has 0 saturated heterocycles. The summed E-state index contributed by atoms with van der Waals surface area (Å²) in [5.74, 6) is 0.515. The van der Waals surface area contributed by atoms with Crippen molar-refractivity contribution in [3.8, 4) is 23.1 Å². The lowest BCUT2D eigenvalue weighted by molar-refractivity contribution is 0.126. The normalized spacial score (nSPS) is 10.5. The summed E-state index contributed by atoms with van der Waals surface area (Å²) in [4.78, 5) is 11.8. The molecule has 0 aliphatic heterocycles. The molecule has 0 radical (unpaired) electrons. The molecule has 0 atom stereocenters. The van der Waals surface area contributed by atoms with Crippen molar-refractivity contribution in [3.63, 3.8) is 0 Å². The van der Waals surface area contributed by atoms with Gasteiger partial charge in [-0.25, -0.2) is 8.78 Å². The van der Waals surface area contributed by atoms with E-state index >= 15 is 0 Å². The molecule has 1 aromatic heterocycles. The minimum Gasteiger partial charge on any atom is -0.479 e. The summed E-state index contributed by atoms with van der Waals surface area (Å²) in [6.45, 7) is 1.07. The molecule has 0 aliphatic carbocycles. The highest BCUT2D eigenvalue weighted by Crippen LogP contribution is 2.26. The number of halogens is 2. The van der Waals surface area contributed by atoms with Crippen LogP contribution in [0.4, 0.5) is 8.78 Å². The van der Waals surface area contributed by atoms with Gasteiger partial charge in [0.25, 0.3) is 12.0 Å². The second-order valence-corrected chi connectivity index (χ2v) is 4.67. The van der Waals surface area contributed by atoms with Crippen molar-refractivity contribution in [3.05, 3.63) is 52.3 Å². The van der Waals surface area contributed by atoms with Crippen molar-refractivity contribution in [2.75, 3.05) is 6.61 Å². The van der Waals surface area contributed by atoms with E-state index in [2.05, 4.69) is 0 Å². The first kappa shape index (κ1) is 15.7. The first-order valence-electron chi connectivity index (χ1n) is 6.61. The molecule has 2 aromatic rings. The summed E-state index contributed by atoms with van der Waals surface area (Å²) < 4.78 is 31.6. The SMILES string of the molecule is Cc1cc(OCC#N)ccc1-c1cccc(=O)n1CC(F)F. The van der Waals surface area contributed by atoms with Crippen LogP contribution < -0.4 is 10.3 Å². The zero-order valence-corrected chi connectivity index (χ0v) is 11.9. The highest BCUT2D eigenvalue weighted by atomic mass is 19.3.